The van der Waals surface area contributed by atoms with Crippen LogP contribution in [0.1, 0.15) is 52.8 Å². The first-order chi connectivity index (χ1) is 19.1. The van der Waals surface area contributed by atoms with E-state index in [1.807, 2.05) is 84.9 Å². The summed E-state index contributed by atoms with van der Waals surface area (Å²) in [5.74, 6) is -1.40. The Kier molecular flexibility index (Phi) is 10.4. The van der Waals surface area contributed by atoms with E-state index in [0.29, 0.717) is 17.5 Å². The fraction of sp³-hybridized carbons (Fsp3) is 0.152. The first kappa shape index (κ1) is 27.8. The summed E-state index contributed by atoms with van der Waals surface area (Å²) < 4.78 is 0. The predicted molar refractivity (Wildman–Crippen MR) is 148 cm³/mol. The Morgan fingerprint density at radius 2 is 0.897 bits per heavy atom. The molecule has 0 aliphatic carbocycles. The fourth-order valence-corrected chi connectivity index (χ4v) is 3.84. The van der Waals surface area contributed by atoms with Crippen LogP contribution in [0.25, 0.3) is 22.3 Å². The second kappa shape index (κ2) is 14.6. The molecule has 0 heterocycles. The number of carbonyl (C=O) groups excluding carboxylic acids is 2. The van der Waals surface area contributed by atoms with Crippen molar-refractivity contribution in [2.75, 3.05) is 0 Å². The normalized spacial score (nSPS) is 10.8. The number of hydrogen-bond acceptors (Lipinski definition) is 6. The van der Waals surface area contributed by atoms with Crippen LogP contribution in [0.4, 0.5) is 0 Å². The smallest absolute Gasteiger partial charge is 0.289 e. The standard InChI is InChI=1S/C33H30O6/c1-2-3-4-11-16-31(36-38-32(34)29-21-17-27(18-22-29)25-12-7-5-8-13-25)37-39-33(35)30-23-19-28(20-24-30)26-14-9-6-10-15-26/h5-10,12-15,17-24H,1-4,11,16H2. The number of rotatable bonds is 13. The van der Waals surface area contributed by atoms with Crippen LogP contribution in [0, 0.1) is 13.2 Å². The Hall–Kier alpha value is -4.26. The third-order valence-corrected chi connectivity index (χ3v) is 6.01. The SMILES string of the molecule is [CH2]CCCCC[C](OOC(=O)c1ccc(-c2ccccc2)cc1)OOC(=O)c1ccc(-c2ccccc2)cc1. The summed E-state index contributed by atoms with van der Waals surface area (Å²) in [5, 5.41) is 0. The summed E-state index contributed by atoms with van der Waals surface area (Å²) in [5.41, 5.74) is 4.63. The maximum Gasteiger partial charge on any atom is 0.373 e. The van der Waals surface area contributed by atoms with Gasteiger partial charge in [-0.1, -0.05) is 111 Å². The molecule has 0 saturated carbocycles. The third kappa shape index (κ3) is 8.37. The zero-order valence-electron chi connectivity index (χ0n) is 21.6. The van der Waals surface area contributed by atoms with E-state index in [2.05, 4.69) is 6.92 Å². The van der Waals surface area contributed by atoms with Gasteiger partial charge in [-0.15, -0.1) is 9.78 Å². The average molecular weight is 523 g/mol. The molecular weight excluding hydrogens is 492 g/mol. The van der Waals surface area contributed by atoms with E-state index in [-0.39, 0.29) is 12.7 Å². The van der Waals surface area contributed by atoms with E-state index in [1.54, 1.807) is 24.3 Å². The summed E-state index contributed by atoms with van der Waals surface area (Å²) in [6, 6.07) is 33.6. The van der Waals surface area contributed by atoms with Gasteiger partial charge in [-0.3, -0.25) is 9.78 Å². The largest absolute Gasteiger partial charge is 0.373 e. The zero-order chi connectivity index (χ0) is 27.3. The summed E-state index contributed by atoms with van der Waals surface area (Å²) in [6.45, 7) is 3.83. The molecule has 4 aromatic rings. The van der Waals surface area contributed by atoms with Crippen molar-refractivity contribution in [2.24, 2.45) is 0 Å². The molecule has 198 valence electrons. The van der Waals surface area contributed by atoms with Crippen molar-refractivity contribution >= 4 is 11.9 Å². The van der Waals surface area contributed by atoms with Gasteiger partial charge in [0.2, 0.25) is 0 Å². The molecule has 6 heteroatoms. The molecule has 0 saturated heterocycles. The molecule has 4 rings (SSSR count). The molecule has 4 aromatic carbocycles. The van der Waals surface area contributed by atoms with Crippen molar-refractivity contribution in [3.63, 3.8) is 0 Å². The van der Waals surface area contributed by atoms with Crippen LogP contribution < -0.4 is 0 Å². The molecule has 2 radical (unpaired) electrons. The maximum absolute atomic E-state index is 12.5. The molecule has 0 fully saturated rings. The minimum atomic E-state index is -0.698. The number of hydrogen-bond donors (Lipinski definition) is 0. The molecule has 0 spiro atoms. The lowest BCUT2D eigenvalue weighted by atomic mass is 10.0. The number of carbonyl (C=O) groups is 2. The Bertz CT molecular complexity index is 1200. The first-order valence-corrected chi connectivity index (χ1v) is 12.9. The summed E-state index contributed by atoms with van der Waals surface area (Å²) >= 11 is 0. The van der Waals surface area contributed by atoms with Gasteiger partial charge >= 0.3 is 18.2 Å². The lowest BCUT2D eigenvalue weighted by molar-refractivity contribution is -0.363. The van der Waals surface area contributed by atoms with E-state index in [9.17, 15) is 9.59 Å². The molecule has 39 heavy (non-hydrogen) atoms. The van der Waals surface area contributed by atoms with Crippen LogP contribution in [0.5, 0.6) is 0 Å². The van der Waals surface area contributed by atoms with Crippen LogP contribution in [-0.4, -0.2) is 11.9 Å². The molecule has 0 aromatic heterocycles. The molecule has 6 nitrogen and oxygen atoms in total. The predicted octanol–water partition coefficient (Wildman–Crippen LogP) is 8.17. The van der Waals surface area contributed by atoms with Crippen LogP contribution in [0.3, 0.4) is 0 Å². The Morgan fingerprint density at radius 1 is 0.487 bits per heavy atom. The van der Waals surface area contributed by atoms with Gasteiger partial charge in [-0.25, -0.2) is 9.59 Å². The van der Waals surface area contributed by atoms with Gasteiger partial charge in [0.15, 0.2) is 0 Å². The van der Waals surface area contributed by atoms with Crippen molar-refractivity contribution in [3.8, 4) is 22.3 Å². The van der Waals surface area contributed by atoms with E-state index >= 15 is 0 Å². The van der Waals surface area contributed by atoms with Gasteiger partial charge in [0.25, 0.3) is 0 Å². The van der Waals surface area contributed by atoms with Crippen molar-refractivity contribution in [1.82, 2.24) is 0 Å². The summed E-state index contributed by atoms with van der Waals surface area (Å²) in [7, 11) is 0. The molecular formula is C33H30O6. The van der Waals surface area contributed by atoms with E-state index in [4.69, 9.17) is 19.6 Å². The van der Waals surface area contributed by atoms with Crippen molar-refractivity contribution in [3.05, 3.63) is 134 Å². The fourth-order valence-electron chi connectivity index (χ4n) is 3.84. The Morgan fingerprint density at radius 3 is 1.31 bits per heavy atom. The highest BCUT2D eigenvalue weighted by molar-refractivity contribution is 5.90. The van der Waals surface area contributed by atoms with Gasteiger partial charge in [-0.05, 0) is 52.9 Å². The van der Waals surface area contributed by atoms with Crippen LogP contribution in [0.2, 0.25) is 0 Å². The van der Waals surface area contributed by atoms with Crippen LogP contribution >= 0.6 is 0 Å². The first-order valence-electron chi connectivity index (χ1n) is 12.9. The van der Waals surface area contributed by atoms with Crippen molar-refractivity contribution in [2.45, 2.75) is 32.1 Å². The van der Waals surface area contributed by atoms with Gasteiger partial charge in [0.05, 0.1) is 11.1 Å². The highest BCUT2D eigenvalue weighted by Gasteiger charge is 2.21. The monoisotopic (exact) mass is 522 g/mol. The highest BCUT2D eigenvalue weighted by atomic mass is 17.3. The number of unbranched alkanes of at least 4 members (excludes halogenated alkanes) is 3. The molecule has 0 bridgehead atoms. The number of benzene rings is 4. The summed E-state index contributed by atoms with van der Waals surface area (Å²) in [6.07, 6.45) is 3.43. The second-order valence-corrected chi connectivity index (χ2v) is 8.83. The molecule has 0 atom stereocenters. The topological polar surface area (TPSA) is 71.1 Å². The van der Waals surface area contributed by atoms with E-state index in [0.717, 1.165) is 41.5 Å². The zero-order valence-corrected chi connectivity index (χ0v) is 21.6. The highest BCUT2D eigenvalue weighted by Crippen LogP contribution is 2.23. The molecule has 0 aliphatic heterocycles. The molecule has 0 aliphatic rings. The van der Waals surface area contributed by atoms with Gasteiger partial charge in [0.1, 0.15) is 0 Å². The quantitative estimate of drug-likeness (QED) is 0.100. The lowest BCUT2D eigenvalue weighted by Gasteiger charge is -2.14. The minimum Gasteiger partial charge on any atom is -0.289 e. The Balaban J connectivity index is 1.32. The van der Waals surface area contributed by atoms with Gasteiger partial charge in [-0.2, -0.15) is 0 Å². The lowest BCUT2D eigenvalue weighted by Crippen LogP contribution is -2.16. The third-order valence-electron chi connectivity index (χ3n) is 6.01. The van der Waals surface area contributed by atoms with Crippen LogP contribution in [-0.2, 0) is 19.6 Å². The van der Waals surface area contributed by atoms with Crippen molar-refractivity contribution < 1.29 is 29.1 Å². The minimum absolute atomic E-state index is 0.123. The Labute approximate surface area is 229 Å². The molecule has 0 amide bonds. The van der Waals surface area contributed by atoms with E-state index in [1.165, 1.54) is 0 Å². The summed E-state index contributed by atoms with van der Waals surface area (Å²) in [4.78, 5) is 45.4. The van der Waals surface area contributed by atoms with Gasteiger partial charge < -0.3 is 0 Å². The van der Waals surface area contributed by atoms with E-state index < -0.39 is 11.9 Å². The van der Waals surface area contributed by atoms with Crippen molar-refractivity contribution in [1.29, 1.82) is 0 Å². The van der Waals surface area contributed by atoms with Gasteiger partial charge in [0, 0.05) is 6.42 Å². The average Bonchev–Trinajstić information content (AvgIpc) is 3.01. The second-order valence-electron chi connectivity index (χ2n) is 8.83. The molecule has 0 unspecified atom stereocenters. The maximum atomic E-state index is 12.5. The van der Waals surface area contributed by atoms with Crippen LogP contribution in [0.15, 0.2) is 109 Å². The molecule has 0 N–H and O–H groups in total.